The van der Waals surface area contributed by atoms with Gasteiger partial charge in [-0.15, -0.1) is 0 Å². The molecule has 1 N–H and O–H groups in total. The predicted octanol–water partition coefficient (Wildman–Crippen LogP) is 3.43. The van der Waals surface area contributed by atoms with E-state index in [1.54, 1.807) is 0 Å². The van der Waals surface area contributed by atoms with Gasteiger partial charge in [-0.3, -0.25) is 0 Å². The third kappa shape index (κ3) is 6.92. The minimum atomic E-state index is 0.0352. The van der Waals surface area contributed by atoms with Crippen molar-refractivity contribution in [3.63, 3.8) is 0 Å². The molecule has 1 aromatic carbocycles. The molecule has 0 saturated heterocycles. The average molecular weight is 286 g/mol. The predicted molar refractivity (Wildman–Crippen MR) is 79.8 cm³/mol. The van der Waals surface area contributed by atoms with Crippen LogP contribution in [0.15, 0.2) is 24.3 Å². The van der Waals surface area contributed by atoms with Gasteiger partial charge in [-0.05, 0) is 38.1 Å². The molecule has 0 heterocycles. The van der Waals surface area contributed by atoms with E-state index >= 15 is 0 Å². The maximum absolute atomic E-state index is 5.91. The standard InChI is InChI=1S/C15H24ClNO2/c1-4-17-11-15(19-10-9-18-12(2)3)13-5-7-14(16)8-6-13/h5-8,12,15,17H,4,9-11H2,1-3H3. The molecule has 19 heavy (non-hydrogen) atoms. The number of rotatable bonds is 9. The molecule has 0 aliphatic heterocycles. The first-order chi connectivity index (χ1) is 9.13. The van der Waals surface area contributed by atoms with Crippen molar-refractivity contribution in [2.24, 2.45) is 0 Å². The Balaban J connectivity index is 2.48. The summed E-state index contributed by atoms with van der Waals surface area (Å²) >= 11 is 5.91. The number of hydrogen-bond donors (Lipinski definition) is 1. The first-order valence-corrected chi connectivity index (χ1v) is 7.20. The van der Waals surface area contributed by atoms with Gasteiger partial charge in [0.05, 0.1) is 25.4 Å². The topological polar surface area (TPSA) is 30.5 Å². The van der Waals surface area contributed by atoms with Crippen molar-refractivity contribution in [2.75, 3.05) is 26.3 Å². The average Bonchev–Trinajstić information content (AvgIpc) is 2.39. The third-order valence-corrected chi connectivity index (χ3v) is 2.93. The molecule has 1 rings (SSSR count). The van der Waals surface area contributed by atoms with Crippen LogP contribution < -0.4 is 5.32 Å². The van der Waals surface area contributed by atoms with Crippen LogP contribution >= 0.6 is 11.6 Å². The fourth-order valence-electron chi connectivity index (χ4n) is 1.70. The zero-order chi connectivity index (χ0) is 14.1. The van der Waals surface area contributed by atoms with Gasteiger partial charge in [0.1, 0.15) is 0 Å². The lowest BCUT2D eigenvalue weighted by Gasteiger charge is -2.19. The Morgan fingerprint density at radius 3 is 2.32 bits per heavy atom. The molecule has 1 aromatic rings. The Hall–Kier alpha value is -0.610. The van der Waals surface area contributed by atoms with Crippen molar-refractivity contribution in [3.05, 3.63) is 34.9 Å². The van der Waals surface area contributed by atoms with E-state index < -0.39 is 0 Å². The third-order valence-electron chi connectivity index (χ3n) is 2.68. The van der Waals surface area contributed by atoms with Gasteiger partial charge in [-0.1, -0.05) is 30.7 Å². The van der Waals surface area contributed by atoms with Crippen molar-refractivity contribution in [1.29, 1.82) is 0 Å². The lowest BCUT2D eigenvalue weighted by molar-refractivity contribution is -0.0128. The molecule has 1 atom stereocenters. The van der Waals surface area contributed by atoms with Gasteiger partial charge in [0.15, 0.2) is 0 Å². The van der Waals surface area contributed by atoms with Crippen molar-refractivity contribution in [1.82, 2.24) is 5.32 Å². The number of likely N-dealkylation sites (N-methyl/N-ethyl adjacent to an activating group) is 1. The van der Waals surface area contributed by atoms with Gasteiger partial charge in [-0.25, -0.2) is 0 Å². The van der Waals surface area contributed by atoms with E-state index in [0.29, 0.717) is 13.2 Å². The first-order valence-electron chi connectivity index (χ1n) is 6.82. The van der Waals surface area contributed by atoms with Gasteiger partial charge in [0.2, 0.25) is 0 Å². The normalized spacial score (nSPS) is 12.9. The van der Waals surface area contributed by atoms with E-state index in [0.717, 1.165) is 23.7 Å². The Kier molecular flexibility index (Phi) is 8.07. The second kappa shape index (κ2) is 9.32. The minimum Gasteiger partial charge on any atom is -0.376 e. The van der Waals surface area contributed by atoms with Crippen LogP contribution in [0, 0.1) is 0 Å². The zero-order valence-corrected chi connectivity index (χ0v) is 12.7. The molecule has 3 nitrogen and oxygen atoms in total. The molecule has 0 radical (unpaired) electrons. The van der Waals surface area contributed by atoms with Crippen LogP contribution in [-0.4, -0.2) is 32.4 Å². The maximum atomic E-state index is 5.91. The molecule has 0 amide bonds. The van der Waals surface area contributed by atoms with Gasteiger partial charge in [-0.2, -0.15) is 0 Å². The number of benzene rings is 1. The van der Waals surface area contributed by atoms with Crippen LogP contribution in [-0.2, 0) is 9.47 Å². The lowest BCUT2D eigenvalue weighted by Crippen LogP contribution is -2.24. The van der Waals surface area contributed by atoms with Crippen molar-refractivity contribution >= 4 is 11.6 Å². The molecule has 0 aliphatic carbocycles. The maximum Gasteiger partial charge on any atom is 0.0950 e. The van der Waals surface area contributed by atoms with Crippen molar-refractivity contribution in [3.8, 4) is 0 Å². The van der Waals surface area contributed by atoms with Crippen LogP contribution in [0.4, 0.5) is 0 Å². The van der Waals surface area contributed by atoms with E-state index in [2.05, 4.69) is 12.2 Å². The molecule has 108 valence electrons. The second-order valence-corrected chi connectivity index (χ2v) is 5.07. The molecular weight excluding hydrogens is 262 g/mol. The quantitative estimate of drug-likeness (QED) is 0.705. The number of ether oxygens (including phenoxy) is 2. The first kappa shape index (κ1) is 16.4. The minimum absolute atomic E-state index is 0.0352. The monoisotopic (exact) mass is 285 g/mol. The number of nitrogens with one attached hydrogen (secondary N) is 1. The summed E-state index contributed by atoms with van der Waals surface area (Å²) in [7, 11) is 0. The fourth-order valence-corrected chi connectivity index (χ4v) is 1.83. The van der Waals surface area contributed by atoms with Gasteiger partial charge >= 0.3 is 0 Å². The summed E-state index contributed by atoms with van der Waals surface area (Å²) < 4.78 is 11.4. The van der Waals surface area contributed by atoms with Gasteiger partial charge < -0.3 is 14.8 Å². The fraction of sp³-hybridized carbons (Fsp3) is 0.600. The lowest BCUT2D eigenvalue weighted by atomic mass is 10.1. The highest BCUT2D eigenvalue weighted by Crippen LogP contribution is 2.19. The zero-order valence-electron chi connectivity index (χ0n) is 12.0. The molecular formula is C15H24ClNO2. The highest BCUT2D eigenvalue weighted by Gasteiger charge is 2.11. The smallest absolute Gasteiger partial charge is 0.0950 e. The summed E-state index contributed by atoms with van der Waals surface area (Å²) in [4.78, 5) is 0. The Labute approximate surface area is 121 Å². The second-order valence-electron chi connectivity index (χ2n) is 4.64. The highest BCUT2D eigenvalue weighted by molar-refractivity contribution is 6.30. The summed E-state index contributed by atoms with van der Waals surface area (Å²) in [6, 6.07) is 7.80. The van der Waals surface area contributed by atoms with E-state index in [1.165, 1.54) is 0 Å². The molecule has 4 heteroatoms. The van der Waals surface area contributed by atoms with E-state index in [4.69, 9.17) is 21.1 Å². The molecule has 0 saturated carbocycles. The number of hydrogen-bond acceptors (Lipinski definition) is 3. The van der Waals surface area contributed by atoms with Crippen LogP contribution in [0.2, 0.25) is 5.02 Å². The summed E-state index contributed by atoms with van der Waals surface area (Å²) in [6.45, 7) is 9.06. The van der Waals surface area contributed by atoms with Crippen molar-refractivity contribution < 1.29 is 9.47 Å². The van der Waals surface area contributed by atoms with Crippen molar-refractivity contribution in [2.45, 2.75) is 33.0 Å². The largest absolute Gasteiger partial charge is 0.376 e. The summed E-state index contributed by atoms with van der Waals surface area (Å²) in [5, 5.41) is 4.06. The molecule has 0 fully saturated rings. The Bertz CT molecular complexity index is 341. The van der Waals surface area contributed by atoms with Crippen LogP contribution in [0.3, 0.4) is 0 Å². The van der Waals surface area contributed by atoms with E-state index in [1.807, 2.05) is 38.1 Å². The van der Waals surface area contributed by atoms with Gasteiger partial charge in [0, 0.05) is 11.6 Å². The van der Waals surface area contributed by atoms with Gasteiger partial charge in [0.25, 0.3) is 0 Å². The molecule has 0 aliphatic rings. The molecule has 0 bridgehead atoms. The van der Waals surface area contributed by atoms with Crippen LogP contribution in [0.5, 0.6) is 0 Å². The summed E-state index contributed by atoms with van der Waals surface area (Å²) in [5.74, 6) is 0. The SMILES string of the molecule is CCNCC(OCCOC(C)C)c1ccc(Cl)cc1. The summed E-state index contributed by atoms with van der Waals surface area (Å²) in [5.41, 5.74) is 1.13. The number of halogens is 1. The van der Waals surface area contributed by atoms with E-state index in [9.17, 15) is 0 Å². The summed E-state index contributed by atoms with van der Waals surface area (Å²) in [6.07, 6.45) is 0.277. The highest BCUT2D eigenvalue weighted by atomic mass is 35.5. The Morgan fingerprint density at radius 1 is 1.11 bits per heavy atom. The molecule has 0 spiro atoms. The van der Waals surface area contributed by atoms with Crippen LogP contribution in [0.1, 0.15) is 32.4 Å². The molecule has 1 unspecified atom stereocenters. The Morgan fingerprint density at radius 2 is 1.74 bits per heavy atom. The van der Waals surface area contributed by atoms with Crippen LogP contribution in [0.25, 0.3) is 0 Å². The molecule has 0 aromatic heterocycles. The van der Waals surface area contributed by atoms with E-state index in [-0.39, 0.29) is 12.2 Å².